The number of likely N-dealkylation sites (tertiary alicyclic amines) is 1. The highest BCUT2D eigenvalue weighted by Crippen LogP contribution is 2.46. The van der Waals surface area contributed by atoms with Crippen LogP contribution >= 0.6 is 11.3 Å². The van der Waals surface area contributed by atoms with E-state index in [9.17, 15) is 14.4 Å². The molecule has 2 saturated carbocycles. The molecule has 2 amide bonds. The van der Waals surface area contributed by atoms with Gasteiger partial charge < -0.3 is 24.3 Å². The zero-order chi connectivity index (χ0) is 52.6. The number of pyridine rings is 1. The normalized spacial score (nSPS) is 24.5. The maximum Gasteiger partial charge on any atom is 0.259 e. The molecule has 0 spiro atoms. The van der Waals surface area contributed by atoms with Crippen molar-refractivity contribution in [2.75, 3.05) is 67.6 Å². The number of hydrazine groups is 1. The number of hydrogen-bond acceptors (Lipinski definition) is 13. The summed E-state index contributed by atoms with van der Waals surface area (Å²) in [6, 6.07) is 6.64. The van der Waals surface area contributed by atoms with Crippen molar-refractivity contribution in [1.82, 2.24) is 45.0 Å². The second-order valence-corrected chi connectivity index (χ2v) is 24.3. The lowest BCUT2D eigenvalue weighted by molar-refractivity contribution is -0.287. The fourth-order valence-electron chi connectivity index (χ4n) is 12.4. The molecule has 400 valence electrons. The summed E-state index contributed by atoms with van der Waals surface area (Å²) in [5, 5.41) is 9.20. The van der Waals surface area contributed by atoms with Gasteiger partial charge in [0.1, 0.15) is 12.3 Å². The maximum atomic E-state index is 14.6. The van der Waals surface area contributed by atoms with Gasteiger partial charge in [0, 0.05) is 85.4 Å². The quantitative estimate of drug-likeness (QED) is 0.0283. The van der Waals surface area contributed by atoms with Gasteiger partial charge in [-0.15, -0.1) is 17.8 Å². The van der Waals surface area contributed by atoms with Crippen LogP contribution in [0.25, 0.3) is 33.4 Å². The second-order valence-electron chi connectivity index (χ2n) is 23.3. The number of nitrogens with one attached hydrogen (secondary N) is 2. The molecule has 7 atom stereocenters. The summed E-state index contributed by atoms with van der Waals surface area (Å²) in [6.07, 6.45) is 17.2. The van der Waals surface area contributed by atoms with Crippen LogP contribution in [-0.2, 0) is 54.7 Å². The Hall–Kier alpha value is -4.57. The van der Waals surface area contributed by atoms with Gasteiger partial charge in [0.25, 0.3) is 5.91 Å². The van der Waals surface area contributed by atoms with Crippen LogP contribution in [0.4, 0.5) is 0 Å². The summed E-state index contributed by atoms with van der Waals surface area (Å²) in [5.74, 6) is 4.74. The molecule has 74 heavy (non-hydrogen) atoms. The third-order valence-electron chi connectivity index (χ3n) is 16.8. The van der Waals surface area contributed by atoms with Crippen molar-refractivity contribution in [3.05, 3.63) is 57.2 Å². The minimum Gasteiger partial charge on any atom is -0.375 e. The Morgan fingerprint density at radius 1 is 1.12 bits per heavy atom. The predicted octanol–water partition coefficient (Wildman–Crippen LogP) is 7.34. The average Bonchev–Trinajstić information content (AvgIpc) is 4.19. The summed E-state index contributed by atoms with van der Waals surface area (Å²) in [6.45, 7) is 18.7. The van der Waals surface area contributed by atoms with Gasteiger partial charge in [-0.3, -0.25) is 29.4 Å². The molecular formula is C58H81N9O6S. The van der Waals surface area contributed by atoms with Crippen LogP contribution in [0.5, 0.6) is 0 Å². The maximum absolute atomic E-state index is 14.6. The molecular weight excluding hydrogens is 951 g/mol. The number of aryl methyl sites for hydroxylation is 2. The largest absolute Gasteiger partial charge is 0.375 e. The number of amides is 2. The minimum absolute atomic E-state index is 0.0784. The molecule has 2 bridgehead atoms. The van der Waals surface area contributed by atoms with Crippen molar-refractivity contribution >= 4 is 40.3 Å². The Morgan fingerprint density at radius 3 is 2.55 bits per heavy atom. The molecule has 3 unspecified atom stereocenters. The number of likely N-dealkylation sites (N-methyl/N-ethyl adjacent to an activating group) is 1. The highest BCUT2D eigenvalue weighted by Gasteiger charge is 2.52. The van der Waals surface area contributed by atoms with Crippen molar-refractivity contribution in [2.24, 2.45) is 29.1 Å². The number of ether oxygens (including phenoxy) is 1. The van der Waals surface area contributed by atoms with Crippen LogP contribution in [0.1, 0.15) is 114 Å². The monoisotopic (exact) mass is 1030 g/mol. The van der Waals surface area contributed by atoms with E-state index in [1.165, 1.54) is 29.5 Å². The van der Waals surface area contributed by atoms with E-state index in [0.717, 1.165) is 122 Å². The van der Waals surface area contributed by atoms with Gasteiger partial charge in [0.2, 0.25) is 5.91 Å². The fourth-order valence-corrected chi connectivity index (χ4v) is 13.3. The molecule has 2 N–H and O–H groups in total. The number of terminal acetylenes is 1. The molecule has 4 aromatic rings. The number of carbonyl (C=O) groups excluding carboxylic acids is 3. The van der Waals surface area contributed by atoms with E-state index in [2.05, 4.69) is 101 Å². The molecule has 8 heterocycles. The number of methoxy groups -OCH3 is 1. The Kier molecular flexibility index (Phi) is 16.8. The molecule has 16 heteroatoms. The summed E-state index contributed by atoms with van der Waals surface area (Å²) in [4.78, 5) is 67.0. The first-order chi connectivity index (χ1) is 35.6. The number of benzene rings is 1. The summed E-state index contributed by atoms with van der Waals surface area (Å²) < 4.78 is 8.34. The number of hydrogen-bond donors (Lipinski definition) is 2. The van der Waals surface area contributed by atoms with Crippen LogP contribution in [-0.4, -0.2) is 150 Å². The molecule has 6 fully saturated rings. The number of aldehydes is 1. The number of rotatable bonds is 21. The molecule has 2 aliphatic carbocycles. The Bertz CT molecular complexity index is 2700. The number of thiazole rings is 1. The van der Waals surface area contributed by atoms with Gasteiger partial charge in [-0.1, -0.05) is 40.5 Å². The van der Waals surface area contributed by atoms with E-state index in [-0.39, 0.29) is 47.4 Å². The lowest BCUT2D eigenvalue weighted by Crippen LogP contribution is -2.66. The van der Waals surface area contributed by atoms with E-state index in [1.54, 1.807) is 31.8 Å². The highest BCUT2D eigenvalue weighted by atomic mass is 32.1. The van der Waals surface area contributed by atoms with Crippen LogP contribution in [0.3, 0.4) is 0 Å². The number of fused-ring (bicyclic) bond motifs is 2. The van der Waals surface area contributed by atoms with E-state index in [0.29, 0.717) is 42.9 Å². The van der Waals surface area contributed by atoms with Crippen molar-refractivity contribution in [3.8, 4) is 34.9 Å². The summed E-state index contributed by atoms with van der Waals surface area (Å²) >= 11 is 1.55. The lowest BCUT2D eigenvalue weighted by Gasteiger charge is -2.50. The zero-order valence-electron chi connectivity index (χ0n) is 45.6. The molecule has 1 aromatic carbocycles. The topological polar surface area (TPSA) is 146 Å². The first-order valence-electron chi connectivity index (χ1n) is 27.3. The fraction of sp³-hybridized carbons (Fsp3) is 0.638. The van der Waals surface area contributed by atoms with Crippen molar-refractivity contribution in [1.29, 1.82) is 0 Å². The molecule has 15 nitrogen and oxygen atoms in total. The Labute approximate surface area is 443 Å². The van der Waals surface area contributed by atoms with Gasteiger partial charge in [0.05, 0.1) is 59.5 Å². The van der Waals surface area contributed by atoms with Gasteiger partial charge in [-0.05, 0) is 144 Å². The minimum atomic E-state index is -0.753. The van der Waals surface area contributed by atoms with Crippen molar-refractivity contribution < 1.29 is 28.9 Å². The molecule has 0 radical (unpaired) electrons. The van der Waals surface area contributed by atoms with E-state index in [1.807, 2.05) is 19.0 Å². The van der Waals surface area contributed by atoms with Crippen LogP contribution in [0, 0.1) is 41.4 Å². The SMILES string of the molecule is C#Cc1cnc([C@H](C)OC)c(-c2c(CC(C)(C)COOC)c3cc(-c4csc(C[C@H](NC(=O)C(C(C)C)N5CC[C@@H](CN(C)CC)C5)C(=O)N5NCC6CC5C6)n4)cc4c3n2CCC4)c1.CN1C(C2CC2)[C@@H]1C=O. The van der Waals surface area contributed by atoms with Gasteiger partial charge in [-0.2, -0.15) is 0 Å². The summed E-state index contributed by atoms with van der Waals surface area (Å²) in [7, 11) is 7.45. The lowest BCUT2D eigenvalue weighted by atomic mass is 9.78. The average molecular weight is 1030 g/mol. The van der Waals surface area contributed by atoms with Crippen LogP contribution < -0.4 is 10.7 Å². The molecule has 4 saturated heterocycles. The van der Waals surface area contributed by atoms with Gasteiger partial charge in [0.15, 0.2) is 0 Å². The first-order valence-corrected chi connectivity index (χ1v) is 28.2. The van der Waals surface area contributed by atoms with Crippen molar-refractivity contribution in [2.45, 2.75) is 142 Å². The Balaban J connectivity index is 0.000000669. The second kappa shape index (κ2) is 23.0. The third-order valence-corrected chi connectivity index (χ3v) is 17.7. The molecule has 3 aromatic heterocycles. The highest BCUT2D eigenvalue weighted by molar-refractivity contribution is 7.10. The van der Waals surface area contributed by atoms with Gasteiger partial charge in [-0.25, -0.2) is 20.2 Å². The van der Waals surface area contributed by atoms with Crippen LogP contribution in [0.15, 0.2) is 29.8 Å². The standard InChI is InChI=1S/C51H70N8O5S.C7H11NO/c1-11-33-20-40(45(52-25-33)32(5)62-9)48-41(24-51(6,7)30-64-63-10)39-22-37(21-36-14-13-16-58(48)47(36)39)43-29-65-44(54-43)23-42(50(61)59-38-18-35(19-38)26-53-59)55-49(60)46(31(3)4)57-17-15-34(28-57)27-56(8)12-2;1-8-6(4-9)7(8)5-2-3-5/h1,20-22,25,29,31-32,34-35,38,42,46,53H,12-19,23-24,26-28,30H2,2-10H3,(H,55,60);4-7H,2-3H2,1H3/t32-,34-,35?,38?,42-,46?;6-,7?,8?/m00/s1. The smallest absolute Gasteiger partial charge is 0.259 e. The van der Waals surface area contributed by atoms with Gasteiger partial charge >= 0.3 is 0 Å². The third kappa shape index (κ3) is 11.6. The number of nitrogens with zero attached hydrogens (tertiary/aromatic N) is 7. The number of aromatic nitrogens is 3. The van der Waals surface area contributed by atoms with E-state index >= 15 is 0 Å². The first kappa shape index (κ1) is 54.2. The molecule has 11 rings (SSSR count). The van der Waals surface area contributed by atoms with Crippen LogP contribution in [0.2, 0.25) is 0 Å². The van der Waals surface area contributed by atoms with E-state index in [4.69, 9.17) is 30.9 Å². The van der Waals surface area contributed by atoms with E-state index < -0.39 is 6.04 Å². The number of carbonyl (C=O) groups is 3. The molecule has 7 aliphatic rings. The zero-order valence-corrected chi connectivity index (χ0v) is 46.4. The van der Waals surface area contributed by atoms with Crippen molar-refractivity contribution in [3.63, 3.8) is 0 Å². The predicted molar refractivity (Wildman–Crippen MR) is 291 cm³/mol. The summed E-state index contributed by atoms with van der Waals surface area (Å²) in [5.41, 5.74) is 12.3. The molecule has 5 aliphatic heterocycles. The Morgan fingerprint density at radius 2 is 1.91 bits per heavy atom.